The Morgan fingerprint density at radius 3 is 3.00 bits per heavy atom. The van der Waals surface area contributed by atoms with E-state index in [-0.39, 0.29) is 0 Å². The molecule has 2 aromatic rings. The van der Waals surface area contributed by atoms with Gasteiger partial charge in [0.1, 0.15) is 5.52 Å². The monoisotopic (exact) mass is 246 g/mol. The van der Waals surface area contributed by atoms with Crippen LogP contribution >= 0.6 is 0 Å². The molecule has 98 valence electrons. The first kappa shape index (κ1) is 12.9. The number of hydrogen-bond acceptors (Lipinski definition) is 3. The van der Waals surface area contributed by atoms with Gasteiger partial charge in [-0.05, 0) is 26.3 Å². The van der Waals surface area contributed by atoms with Crippen LogP contribution in [0.15, 0.2) is 18.5 Å². The second kappa shape index (κ2) is 5.85. The number of nitrogens with zero attached hydrogens (tertiary/aromatic N) is 3. The van der Waals surface area contributed by atoms with Crippen molar-refractivity contribution in [3.8, 4) is 0 Å². The van der Waals surface area contributed by atoms with Gasteiger partial charge in [0.15, 0.2) is 5.82 Å². The van der Waals surface area contributed by atoms with Crippen molar-refractivity contribution in [1.82, 2.24) is 14.6 Å². The number of nitrogens with one attached hydrogen (secondary N) is 1. The largest absolute Gasteiger partial charge is 0.366 e. The molecule has 18 heavy (non-hydrogen) atoms. The lowest BCUT2D eigenvalue weighted by atomic mass is 10.1. The van der Waals surface area contributed by atoms with Gasteiger partial charge in [-0.2, -0.15) is 5.10 Å². The van der Waals surface area contributed by atoms with Crippen molar-refractivity contribution in [3.63, 3.8) is 0 Å². The molecule has 0 fully saturated rings. The van der Waals surface area contributed by atoms with Gasteiger partial charge >= 0.3 is 0 Å². The average molecular weight is 246 g/mol. The molecular formula is C14H22N4. The van der Waals surface area contributed by atoms with Crippen LogP contribution in [0, 0.1) is 6.92 Å². The SMILES string of the molecule is CCCCCC(C)Nc1nccn2nc(C)cc12. The van der Waals surface area contributed by atoms with Gasteiger partial charge in [0.25, 0.3) is 0 Å². The predicted octanol–water partition coefficient (Wildman–Crippen LogP) is 3.42. The van der Waals surface area contributed by atoms with Crippen LogP contribution in [0.25, 0.3) is 5.52 Å². The fraction of sp³-hybridized carbons (Fsp3) is 0.571. The Kier molecular flexibility index (Phi) is 4.18. The smallest absolute Gasteiger partial charge is 0.152 e. The van der Waals surface area contributed by atoms with E-state index in [9.17, 15) is 0 Å². The van der Waals surface area contributed by atoms with Crippen molar-refractivity contribution >= 4 is 11.3 Å². The Morgan fingerprint density at radius 1 is 1.39 bits per heavy atom. The van der Waals surface area contributed by atoms with E-state index in [1.165, 1.54) is 25.7 Å². The minimum Gasteiger partial charge on any atom is -0.366 e. The summed E-state index contributed by atoms with van der Waals surface area (Å²) in [5.74, 6) is 0.932. The zero-order valence-corrected chi connectivity index (χ0v) is 11.5. The highest BCUT2D eigenvalue weighted by Gasteiger charge is 2.08. The van der Waals surface area contributed by atoms with Crippen molar-refractivity contribution in [2.75, 3.05) is 5.32 Å². The van der Waals surface area contributed by atoms with Crippen LogP contribution in [0.4, 0.5) is 5.82 Å². The Bertz CT molecular complexity index is 503. The van der Waals surface area contributed by atoms with E-state index in [1.807, 2.05) is 17.6 Å². The van der Waals surface area contributed by atoms with Crippen LogP contribution in [-0.4, -0.2) is 20.6 Å². The van der Waals surface area contributed by atoms with Crippen molar-refractivity contribution in [2.24, 2.45) is 0 Å². The summed E-state index contributed by atoms with van der Waals surface area (Å²) in [5, 5.41) is 7.88. The van der Waals surface area contributed by atoms with Crippen molar-refractivity contribution in [1.29, 1.82) is 0 Å². The zero-order chi connectivity index (χ0) is 13.0. The lowest BCUT2D eigenvalue weighted by Crippen LogP contribution is -2.16. The lowest BCUT2D eigenvalue weighted by molar-refractivity contribution is 0.614. The standard InChI is InChI=1S/C14H22N4/c1-4-5-6-7-11(2)16-14-13-10-12(3)17-18(13)9-8-15-14/h8-11H,4-7H2,1-3H3,(H,15,16). The maximum absolute atomic E-state index is 4.42. The molecule has 4 heteroatoms. The first-order valence-electron chi connectivity index (χ1n) is 6.78. The van der Waals surface area contributed by atoms with E-state index < -0.39 is 0 Å². The molecule has 0 aliphatic heterocycles. The maximum Gasteiger partial charge on any atom is 0.152 e. The minimum absolute atomic E-state index is 0.449. The molecule has 0 saturated heterocycles. The van der Waals surface area contributed by atoms with Crippen LogP contribution in [0.5, 0.6) is 0 Å². The van der Waals surface area contributed by atoms with Gasteiger partial charge < -0.3 is 5.32 Å². The van der Waals surface area contributed by atoms with E-state index in [2.05, 4.69) is 35.3 Å². The summed E-state index contributed by atoms with van der Waals surface area (Å²) in [6.45, 7) is 6.45. The molecule has 4 nitrogen and oxygen atoms in total. The number of anilines is 1. The summed E-state index contributed by atoms with van der Waals surface area (Å²) in [7, 11) is 0. The van der Waals surface area contributed by atoms with E-state index >= 15 is 0 Å². The summed E-state index contributed by atoms with van der Waals surface area (Å²) in [4.78, 5) is 4.42. The molecular weight excluding hydrogens is 224 g/mol. The summed E-state index contributed by atoms with van der Waals surface area (Å²) < 4.78 is 1.88. The number of rotatable bonds is 6. The molecule has 0 aliphatic carbocycles. The van der Waals surface area contributed by atoms with Gasteiger partial charge in [-0.15, -0.1) is 0 Å². The second-order valence-corrected chi connectivity index (χ2v) is 4.93. The van der Waals surface area contributed by atoms with Crippen LogP contribution in [0.3, 0.4) is 0 Å². The normalized spacial score (nSPS) is 12.8. The summed E-state index contributed by atoms with van der Waals surface area (Å²) in [5.41, 5.74) is 2.07. The fourth-order valence-corrected chi connectivity index (χ4v) is 2.16. The molecule has 0 amide bonds. The Balaban J connectivity index is 2.06. The van der Waals surface area contributed by atoms with Gasteiger partial charge in [0.2, 0.25) is 0 Å². The van der Waals surface area contributed by atoms with Gasteiger partial charge in [0.05, 0.1) is 5.69 Å². The molecule has 0 aromatic carbocycles. The summed E-state index contributed by atoms with van der Waals surface area (Å²) >= 11 is 0. The summed E-state index contributed by atoms with van der Waals surface area (Å²) in [6, 6.07) is 2.51. The van der Waals surface area contributed by atoms with E-state index in [0.29, 0.717) is 6.04 Å². The number of unbranched alkanes of at least 4 members (excludes halogenated alkanes) is 2. The van der Waals surface area contributed by atoms with Gasteiger partial charge in [0, 0.05) is 18.4 Å². The molecule has 0 radical (unpaired) electrons. The van der Waals surface area contributed by atoms with Crippen molar-refractivity contribution in [3.05, 3.63) is 24.2 Å². The van der Waals surface area contributed by atoms with Gasteiger partial charge in [-0.3, -0.25) is 0 Å². The number of aromatic nitrogens is 3. The third kappa shape index (κ3) is 3.00. The Morgan fingerprint density at radius 2 is 2.22 bits per heavy atom. The number of hydrogen-bond donors (Lipinski definition) is 1. The van der Waals surface area contributed by atoms with Crippen molar-refractivity contribution < 1.29 is 0 Å². The number of aryl methyl sites for hydroxylation is 1. The molecule has 2 heterocycles. The first-order chi connectivity index (χ1) is 8.70. The third-order valence-electron chi connectivity index (χ3n) is 3.14. The lowest BCUT2D eigenvalue weighted by Gasteiger charge is -2.14. The third-order valence-corrected chi connectivity index (χ3v) is 3.14. The van der Waals surface area contributed by atoms with Crippen molar-refractivity contribution in [2.45, 2.75) is 52.5 Å². The molecule has 0 saturated carbocycles. The highest BCUT2D eigenvalue weighted by atomic mass is 15.2. The Labute approximate surface area is 108 Å². The predicted molar refractivity (Wildman–Crippen MR) is 75.0 cm³/mol. The van der Waals surface area contributed by atoms with E-state index in [1.54, 1.807) is 6.20 Å². The topological polar surface area (TPSA) is 42.2 Å². The highest BCUT2D eigenvalue weighted by Crippen LogP contribution is 2.17. The quantitative estimate of drug-likeness (QED) is 0.794. The van der Waals surface area contributed by atoms with Crippen LogP contribution < -0.4 is 5.32 Å². The molecule has 1 unspecified atom stereocenters. The molecule has 1 atom stereocenters. The Hall–Kier alpha value is -1.58. The van der Waals surface area contributed by atoms with Gasteiger partial charge in [-0.25, -0.2) is 9.50 Å². The molecule has 0 aliphatic rings. The summed E-state index contributed by atoms with van der Waals surface area (Å²) in [6.07, 6.45) is 8.70. The van der Waals surface area contributed by atoms with Crippen LogP contribution in [0.1, 0.15) is 45.2 Å². The van der Waals surface area contributed by atoms with E-state index in [4.69, 9.17) is 0 Å². The van der Waals surface area contributed by atoms with E-state index in [0.717, 1.165) is 17.0 Å². The highest BCUT2D eigenvalue weighted by molar-refractivity contribution is 5.67. The average Bonchev–Trinajstić information content (AvgIpc) is 2.71. The fourth-order valence-electron chi connectivity index (χ4n) is 2.16. The molecule has 0 bridgehead atoms. The molecule has 1 N–H and O–H groups in total. The second-order valence-electron chi connectivity index (χ2n) is 4.93. The zero-order valence-electron chi connectivity index (χ0n) is 11.5. The minimum atomic E-state index is 0.449. The first-order valence-corrected chi connectivity index (χ1v) is 6.78. The molecule has 2 rings (SSSR count). The van der Waals surface area contributed by atoms with Gasteiger partial charge in [-0.1, -0.05) is 26.2 Å². The molecule has 0 spiro atoms. The molecule has 2 aromatic heterocycles. The van der Waals surface area contributed by atoms with Crippen LogP contribution in [-0.2, 0) is 0 Å². The van der Waals surface area contributed by atoms with Crippen LogP contribution in [0.2, 0.25) is 0 Å². The number of fused-ring (bicyclic) bond motifs is 1. The maximum atomic E-state index is 4.42.